The van der Waals surface area contributed by atoms with Gasteiger partial charge in [-0.25, -0.2) is 4.79 Å². The number of nitrogens with zero attached hydrogens (tertiary/aromatic N) is 3. The van der Waals surface area contributed by atoms with Crippen LogP contribution in [-0.2, 0) is 9.47 Å². The van der Waals surface area contributed by atoms with Crippen LogP contribution in [0.15, 0.2) is 35.4 Å². The van der Waals surface area contributed by atoms with Crippen molar-refractivity contribution in [3.63, 3.8) is 0 Å². The van der Waals surface area contributed by atoms with Gasteiger partial charge in [-0.05, 0) is 38.4 Å². The molecule has 1 aromatic carbocycles. The molecule has 0 N–H and O–H groups in total. The minimum atomic E-state index is -4.79. The van der Waals surface area contributed by atoms with Crippen LogP contribution < -0.4 is 0 Å². The molecule has 1 unspecified atom stereocenters. The van der Waals surface area contributed by atoms with Gasteiger partial charge in [-0.2, -0.15) is 13.2 Å². The smallest absolute Gasteiger partial charge is 0.415 e. The van der Waals surface area contributed by atoms with Gasteiger partial charge in [-0.3, -0.25) is 0 Å². The lowest BCUT2D eigenvalue weighted by Crippen LogP contribution is -2.47. The number of hydrogen-bond acceptors (Lipinski definition) is 4. The standard InChI is InChI=1S/C15H18F3N3O3/c1-14(2,3)24-12(15(16,17)18)11(20-21-19)9-23-13(22)10-7-5-4-6-8-10/h4-8,11-12H,9H2,1-3H3/t11?,12-/m0/s1. The Kier molecular flexibility index (Phi) is 6.62. The highest BCUT2D eigenvalue weighted by atomic mass is 19.4. The Morgan fingerprint density at radius 2 is 1.83 bits per heavy atom. The van der Waals surface area contributed by atoms with Crippen LogP contribution in [0.1, 0.15) is 31.1 Å². The number of halogens is 3. The first kappa shape index (κ1) is 19.8. The summed E-state index contributed by atoms with van der Waals surface area (Å²) in [7, 11) is 0. The number of carbonyl (C=O) groups excluding carboxylic acids is 1. The molecule has 1 rings (SSSR count). The summed E-state index contributed by atoms with van der Waals surface area (Å²) in [6.45, 7) is 3.57. The largest absolute Gasteiger partial charge is 0.462 e. The molecule has 0 fully saturated rings. The molecule has 0 heterocycles. The van der Waals surface area contributed by atoms with Crippen LogP contribution >= 0.6 is 0 Å². The first-order valence-electron chi connectivity index (χ1n) is 7.05. The summed E-state index contributed by atoms with van der Waals surface area (Å²) in [4.78, 5) is 14.2. The van der Waals surface area contributed by atoms with Gasteiger partial charge in [-0.1, -0.05) is 23.3 Å². The molecule has 0 aliphatic carbocycles. The quantitative estimate of drug-likeness (QED) is 0.334. The van der Waals surface area contributed by atoms with Crippen LogP contribution in [0.3, 0.4) is 0 Å². The molecule has 9 heteroatoms. The van der Waals surface area contributed by atoms with Crippen molar-refractivity contribution in [2.24, 2.45) is 5.11 Å². The van der Waals surface area contributed by atoms with Crippen LogP contribution in [0.25, 0.3) is 10.4 Å². The number of esters is 1. The minimum Gasteiger partial charge on any atom is -0.462 e. The highest BCUT2D eigenvalue weighted by Crippen LogP contribution is 2.30. The number of hydrogen-bond donors (Lipinski definition) is 0. The van der Waals surface area contributed by atoms with E-state index in [9.17, 15) is 18.0 Å². The van der Waals surface area contributed by atoms with E-state index in [0.717, 1.165) is 0 Å². The van der Waals surface area contributed by atoms with Crippen molar-refractivity contribution in [3.8, 4) is 0 Å². The molecule has 0 saturated heterocycles. The first-order chi connectivity index (χ1) is 11.0. The highest BCUT2D eigenvalue weighted by Gasteiger charge is 2.48. The fourth-order valence-electron chi connectivity index (χ4n) is 1.81. The lowest BCUT2D eigenvalue weighted by Gasteiger charge is -2.32. The fourth-order valence-corrected chi connectivity index (χ4v) is 1.81. The maximum Gasteiger partial charge on any atom is 0.415 e. The predicted molar refractivity (Wildman–Crippen MR) is 80.3 cm³/mol. The molecular weight excluding hydrogens is 327 g/mol. The molecule has 1 aromatic rings. The SMILES string of the molecule is CC(C)(C)O[C@@H](C(COC(=O)c1ccccc1)N=[N+]=[N-])C(F)(F)F. The third-order valence-corrected chi connectivity index (χ3v) is 2.75. The van der Waals surface area contributed by atoms with Gasteiger partial charge in [0.1, 0.15) is 12.6 Å². The van der Waals surface area contributed by atoms with Crippen molar-refractivity contribution in [2.75, 3.05) is 6.61 Å². The fraction of sp³-hybridized carbons (Fsp3) is 0.533. The molecule has 0 aliphatic heterocycles. The van der Waals surface area contributed by atoms with Crippen LogP contribution in [-0.4, -0.2) is 36.5 Å². The first-order valence-corrected chi connectivity index (χ1v) is 7.05. The third-order valence-electron chi connectivity index (χ3n) is 2.75. The van der Waals surface area contributed by atoms with Gasteiger partial charge in [0, 0.05) is 4.91 Å². The van der Waals surface area contributed by atoms with E-state index < -0.39 is 36.5 Å². The van der Waals surface area contributed by atoms with E-state index in [1.54, 1.807) is 18.2 Å². The van der Waals surface area contributed by atoms with Gasteiger partial charge in [0.15, 0.2) is 6.10 Å². The van der Waals surface area contributed by atoms with Gasteiger partial charge in [0.25, 0.3) is 0 Å². The van der Waals surface area contributed by atoms with Crippen LogP contribution in [0.4, 0.5) is 13.2 Å². The monoisotopic (exact) mass is 345 g/mol. The van der Waals surface area contributed by atoms with E-state index >= 15 is 0 Å². The van der Waals surface area contributed by atoms with Gasteiger partial charge in [0.05, 0.1) is 11.2 Å². The second-order valence-electron chi connectivity index (χ2n) is 5.93. The van der Waals surface area contributed by atoms with Gasteiger partial charge in [-0.15, -0.1) is 0 Å². The molecule has 2 atom stereocenters. The van der Waals surface area contributed by atoms with Crippen LogP contribution in [0, 0.1) is 0 Å². The summed E-state index contributed by atoms with van der Waals surface area (Å²) in [5.41, 5.74) is 7.57. The maximum atomic E-state index is 13.2. The average molecular weight is 345 g/mol. The van der Waals surface area contributed by atoms with E-state index in [1.807, 2.05) is 0 Å². The summed E-state index contributed by atoms with van der Waals surface area (Å²) >= 11 is 0. The Morgan fingerprint density at radius 3 is 2.29 bits per heavy atom. The van der Waals surface area contributed by atoms with Crippen molar-refractivity contribution in [3.05, 3.63) is 46.3 Å². The summed E-state index contributed by atoms with van der Waals surface area (Å²) in [6, 6.07) is 6.03. The normalized spacial score (nSPS) is 14.4. The summed E-state index contributed by atoms with van der Waals surface area (Å²) in [5, 5.41) is 3.10. The Balaban J connectivity index is 2.90. The summed E-state index contributed by atoms with van der Waals surface area (Å²) in [6.07, 6.45) is -7.18. The molecule has 0 amide bonds. The Morgan fingerprint density at radius 1 is 1.25 bits per heavy atom. The van der Waals surface area contributed by atoms with Crippen molar-refractivity contribution >= 4 is 5.97 Å². The van der Waals surface area contributed by atoms with E-state index in [4.69, 9.17) is 15.0 Å². The molecular formula is C15H18F3N3O3. The topological polar surface area (TPSA) is 84.3 Å². The van der Waals surface area contributed by atoms with Gasteiger partial charge in [0.2, 0.25) is 0 Å². The second kappa shape index (κ2) is 8.03. The molecule has 132 valence electrons. The third kappa shape index (κ3) is 6.47. The molecule has 0 radical (unpaired) electrons. The molecule has 0 saturated carbocycles. The summed E-state index contributed by atoms with van der Waals surface area (Å²) in [5.74, 6) is -0.814. The molecule has 0 aromatic heterocycles. The zero-order valence-corrected chi connectivity index (χ0v) is 13.4. The minimum absolute atomic E-state index is 0.178. The van der Waals surface area contributed by atoms with Crippen LogP contribution in [0.2, 0.25) is 0 Å². The van der Waals surface area contributed by atoms with Crippen molar-refractivity contribution in [2.45, 2.75) is 44.7 Å². The van der Waals surface area contributed by atoms with Crippen molar-refractivity contribution < 1.29 is 27.4 Å². The number of carbonyl (C=O) groups is 1. The molecule has 0 bridgehead atoms. The Bertz CT molecular complexity index is 593. The van der Waals surface area contributed by atoms with E-state index in [1.165, 1.54) is 32.9 Å². The number of azide groups is 1. The number of alkyl halides is 3. The highest BCUT2D eigenvalue weighted by molar-refractivity contribution is 5.89. The van der Waals surface area contributed by atoms with Crippen molar-refractivity contribution in [1.82, 2.24) is 0 Å². The average Bonchev–Trinajstić information content (AvgIpc) is 2.48. The molecule has 0 aliphatic rings. The second-order valence-corrected chi connectivity index (χ2v) is 5.93. The van der Waals surface area contributed by atoms with Gasteiger partial charge < -0.3 is 9.47 Å². The zero-order chi connectivity index (χ0) is 18.4. The number of benzene rings is 1. The van der Waals surface area contributed by atoms with Crippen molar-refractivity contribution in [1.29, 1.82) is 0 Å². The zero-order valence-electron chi connectivity index (χ0n) is 13.4. The van der Waals surface area contributed by atoms with Gasteiger partial charge >= 0.3 is 12.1 Å². The summed E-state index contributed by atoms with van der Waals surface area (Å²) < 4.78 is 49.5. The molecule has 6 nitrogen and oxygen atoms in total. The predicted octanol–water partition coefficient (Wildman–Crippen LogP) is 4.27. The number of ether oxygens (including phenoxy) is 2. The maximum absolute atomic E-state index is 13.2. The van der Waals surface area contributed by atoms with E-state index in [-0.39, 0.29) is 5.56 Å². The lowest BCUT2D eigenvalue weighted by atomic mass is 10.1. The number of rotatable bonds is 6. The Labute approximate surface area is 137 Å². The van der Waals surface area contributed by atoms with E-state index in [2.05, 4.69) is 10.0 Å². The molecule has 24 heavy (non-hydrogen) atoms. The lowest BCUT2D eigenvalue weighted by molar-refractivity contribution is -0.253. The van der Waals surface area contributed by atoms with Crippen LogP contribution in [0.5, 0.6) is 0 Å². The molecule has 0 spiro atoms. The van der Waals surface area contributed by atoms with E-state index in [0.29, 0.717) is 0 Å². The Hall–Kier alpha value is -2.25.